The minimum absolute atomic E-state index is 0.0359. The summed E-state index contributed by atoms with van der Waals surface area (Å²) in [6.07, 6.45) is 3.24. The zero-order valence-corrected chi connectivity index (χ0v) is 18.7. The Morgan fingerprint density at radius 3 is 2.32 bits per heavy atom. The van der Waals surface area contributed by atoms with E-state index in [1.165, 1.54) is 19.1 Å². The van der Waals surface area contributed by atoms with Gasteiger partial charge in [-0.1, -0.05) is 6.07 Å². The Balaban J connectivity index is 1.44. The van der Waals surface area contributed by atoms with Crippen LogP contribution in [-0.2, 0) is 4.79 Å². The van der Waals surface area contributed by atoms with Crippen molar-refractivity contribution >= 4 is 17.5 Å². The van der Waals surface area contributed by atoms with Crippen molar-refractivity contribution in [3.63, 3.8) is 0 Å². The Morgan fingerprint density at radius 1 is 1.03 bits per heavy atom. The van der Waals surface area contributed by atoms with Crippen LogP contribution in [0.3, 0.4) is 0 Å². The van der Waals surface area contributed by atoms with Crippen LogP contribution in [0.2, 0.25) is 0 Å². The number of carbonyl (C=O) groups excluding carboxylic acids is 2. The molecule has 176 valence electrons. The van der Waals surface area contributed by atoms with Gasteiger partial charge in [0.2, 0.25) is 11.8 Å². The summed E-state index contributed by atoms with van der Waals surface area (Å²) in [6, 6.07) is 14.3. The first-order chi connectivity index (χ1) is 16.4. The standard InChI is InChI=1S/C25H25FN4O4/c1-16(31)29-18-9-11-30(12-10-18)19-14-23(24(27)32)25(28-15-19)34-21-7-5-20(6-8-21)33-22-4-2-3-17(26)13-22/h2-8,13-15,18H,9-12H2,1H3,(H2,27,32)(H,29,31). The predicted octanol–water partition coefficient (Wildman–Crippen LogP) is 4.01. The molecule has 1 aromatic heterocycles. The molecule has 1 fully saturated rings. The number of halogens is 1. The van der Waals surface area contributed by atoms with Crippen LogP contribution in [-0.4, -0.2) is 35.9 Å². The van der Waals surface area contributed by atoms with Crippen molar-refractivity contribution < 1.29 is 23.5 Å². The molecule has 3 aromatic rings. The maximum Gasteiger partial charge on any atom is 0.254 e. The fourth-order valence-electron chi connectivity index (χ4n) is 3.80. The van der Waals surface area contributed by atoms with E-state index in [4.69, 9.17) is 15.2 Å². The highest BCUT2D eigenvalue weighted by molar-refractivity contribution is 5.96. The number of hydrogen-bond donors (Lipinski definition) is 2. The minimum atomic E-state index is -0.649. The number of pyridine rings is 1. The summed E-state index contributed by atoms with van der Waals surface area (Å²) in [6.45, 7) is 2.95. The number of nitrogens with zero attached hydrogens (tertiary/aromatic N) is 2. The summed E-state index contributed by atoms with van der Waals surface area (Å²) in [4.78, 5) is 29.8. The second-order valence-electron chi connectivity index (χ2n) is 8.01. The van der Waals surface area contributed by atoms with Crippen LogP contribution in [0.4, 0.5) is 10.1 Å². The molecule has 0 bridgehead atoms. The maximum atomic E-state index is 13.3. The van der Waals surface area contributed by atoms with Crippen LogP contribution in [0.25, 0.3) is 0 Å². The van der Waals surface area contributed by atoms with Crippen LogP contribution < -0.4 is 25.4 Å². The van der Waals surface area contributed by atoms with Gasteiger partial charge in [-0.25, -0.2) is 9.37 Å². The molecule has 1 aliphatic rings. The zero-order chi connectivity index (χ0) is 24.1. The molecule has 0 saturated carbocycles. The Bertz CT molecular complexity index is 1180. The third-order valence-electron chi connectivity index (χ3n) is 5.44. The topological polar surface area (TPSA) is 107 Å². The average Bonchev–Trinajstić information content (AvgIpc) is 2.81. The molecule has 0 unspecified atom stereocenters. The van der Waals surface area contributed by atoms with Gasteiger partial charge in [0.15, 0.2) is 0 Å². The largest absolute Gasteiger partial charge is 0.457 e. The summed E-state index contributed by atoms with van der Waals surface area (Å²) in [5.74, 6) is 0.341. The highest BCUT2D eigenvalue weighted by atomic mass is 19.1. The Labute approximate surface area is 196 Å². The van der Waals surface area contributed by atoms with E-state index in [0.29, 0.717) is 17.2 Å². The molecular formula is C25H25FN4O4. The number of benzene rings is 2. The lowest BCUT2D eigenvalue weighted by Gasteiger charge is -2.33. The van der Waals surface area contributed by atoms with Crippen molar-refractivity contribution in [2.45, 2.75) is 25.8 Å². The molecule has 8 nitrogen and oxygen atoms in total. The predicted molar refractivity (Wildman–Crippen MR) is 125 cm³/mol. The number of ether oxygens (including phenoxy) is 2. The molecule has 2 amide bonds. The van der Waals surface area contributed by atoms with E-state index in [1.807, 2.05) is 0 Å². The molecule has 2 aromatic carbocycles. The van der Waals surface area contributed by atoms with E-state index in [1.54, 1.807) is 48.7 Å². The number of amides is 2. The van der Waals surface area contributed by atoms with Gasteiger partial charge in [-0.15, -0.1) is 0 Å². The number of piperidine rings is 1. The second-order valence-corrected chi connectivity index (χ2v) is 8.01. The van der Waals surface area contributed by atoms with Gasteiger partial charge in [0, 0.05) is 32.1 Å². The fraction of sp³-hybridized carbons (Fsp3) is 0.240. The SMILES string of the molecule is CC(=O)NC1CCN(c2cnc(Oc3ccc(Oc4cccc(F)c4)cc3)c(C(N)=O)c2)CC1. The lowest BCUT2D eigenvalue weighted by atomic mass is 10.0. The average molecular weight is 464 g/mol. The third-order valence-corrected chi connectivity index (χ3v) is 5.44. The highest BCUT2D eigenvalue weighted by Crippen LogP contribution is 2.30. The van der Waals surface area contributed by atoms with Crippen LogP contribution in [0.15, 0.2) is 60.8 Å². The van der Waals surface area contributed by atoms with Crippen LogP contribution >= 0.6 is 0 Å². The number of hydrogen-bond acceptors (Lipinski definition) is 6. The number of nitrogens with two attached hydrogens (primary N) is 1. The van der Waals surface area contributed by atoms with E-state index in [2.05, 4.69) is 15.2 Å². The Hall–Kier alpha value is -4.14. The van der Waals surface area contributed by atoms with Gasteiger partial charge in [0.1, 0.15) is 28.6 Å². The number of primary amides is 1. The summed E-state index contributed by atoms with van der Waals surface area (Å²) >= 11 is 0. The Kier molecular flexibility index (Phi) is 6.91. The number of nitrogens with one attached hydrogen (secondary N) is 1. The molecule has 4 rings (SSSR count). The molecule has 1 saturated heterocycles. The van der Waals surface area contributed by atoms with Crippen molar-refractivity contribution in [3.05, 3.63) is 72.2 Å². The van der Waals surface area contributed by atoms with Crippen molar-refractivity contribution in [1.29, 1.82) is 0 Å². The van der Waals surface area contributed by atoms with Crippen LogP contribution in [0.1, 0.15) is 30.1 Å². The van der Waals surface area contributed by atoms with E-state index in [0.717, 1.165) is 31.6 Å². The van der Waals surface area contributed by atoms with Crippen molar-refractivity contribution in [2.24, 2.45) is 5.73 Å². The third kappa shape index (κ3) is 5.80. The fourth-order valence-corrected chi connectivity index (χ4v) is 3.80. The van der Waals surface area contributed by atoms with Crippen LogP contribution in [0, 0.1) is 5.82 Å². The van der Waals surface area contributed by atoms with E-state index in [-0.39, 0.29) is 29.2 Å². The molecular weight excluding hydrogens is 439 g/mol. The number of anilines is 1. The second kappa shape index (κ2) is 10.2. The number of aromatic nitrogens is 1. The highest BCUT2D eigenvalue weighted by Gasteiger charge is 2.22. The summed E-state index contributed by atoms with van der Waals surface area (Å²) < 4.78 is 24.8. The van der Waals surface area contributed by atoms with Gasteiger partial charge in [0.05, 0.1) is 11.9 Å². The molecule has 0 radical (unpaired) electrons. The van der Waals surface area contributed by atoms with Gasteiger partial charge < -0.3 is 25.4 Å². The molecule has 9 heteroatoms. The van der Waals surface area contributed by atoms with Crippen molar-refractivity contribution in [2.75, 3.05) is 18.0 Å². The van der Waals surface area contributed by atoms with Crippen molar-refractivity contribution in [3.8, 4) is 23.1 Å². The van der Waals surface area contributed by atoms with Gasteiger partial charge in [-0.2, -0.15) is 0 Å². The Morgan fingerprint density at radius 2 is 1.71 bits per heavy atom. The minimum Gasteiger partial charge on any atom is -0.457 e. The lowest BCUT2D eigenvalue weighted by Crippen LogP contribution is -2.44. The quantitative estimate of drug-likeness (QED) is 0.547. The monoisotopic (exact) mass is 464 g/mol. The van der Waals surface area contributed by atoms with E-state index < -0.39 is 5.91 Å². The first-order valence-corrected chi connectivity index (χ1v) is 10.9. The first kappa shape index (κ1) is 23.0. The summed E-state index contributed by atoms with van der Waals surface area (Å²) in [5.41, 5.74) is 6.52. The van der Waals surface area contributed by atoms with Gasteiger partial charge in [-0.3, -0.25) is 9.59 Å². The maximum absolute atomic E-state index is 13.3. The normalized spacial score (nSPS) is 13.9. The molecule has 1 aliphatic heterocycles. The lowest BCUT2D eigenvalue weighted by molar-refractivity contribution is -0.119. The van der Waals surface area contributed by atoms with E-state index in [9.17, 15) is 14.0 Å². The molecule has 2 heterocycles. The molecule has 3 N–H and O–H groups in total. The van der Waals surface area contributed by atoms with Gasteiger partial charge >= 0.3 is 0 Å². The molecule has 0 spiro atoms. The summed E-state index contributed by atoms with van der Waals surface area (Å²) in [5, 5.41) is 2.94. The smallest absolute Gasteiger partial charge is 0.254 e. The molecule has 34 heavy (non-hydrogen) atoms. The molecule has 0 atom stereocenters. The van der Waals surface area contributed by atoms with Crippen molar-refractivity contribution in [1.82, 2.24) is 10.3 Å². The van der Waals surface area contributed by atoms with Gasteiger partial charge in [-0.05, 0) is 55.3 Å². The van der Waals surface area contributed by atoms with E-state index >= 15 is 0 Å². The number of carbonyl (C=O) groups is 2. The summed E-state index contributed by atoms with van der Waals surface area (Å²) in [7, 11) is 0. The van der Waals surface area contributed by atoms with Gasteiger partial charge in [0.25, 0.3) is 5.91 Å². The van der Waals surface area contributed by atoms with Crippen LogP contribution in [0.5, 0.6) is 23.1 Å². The number of rotatable bonds is 7. The first-order valence-electron chi connectivity index (χ1n) is 10.9. The zero-order valence-electron chi connectivity index (χ0n) is 18.7. The molecule has 0 aliphatic carbocycles.